The van der Waals surface area contributed by atoms with Crippen molar-refractivity contribution in [1.82, 2.24) is 0 Å². The van der Waals surface area contributed by atoms with Crippen LogP contribution in [0.5, 0.6) is 0 Å². The van der Waals surface area contributed by atoms with Crippen LogP contribution in [0, 0.1) is 46.8 Å². The van der Waals surface area contributed by atoms with Crippen molar-refractivity contribution in [3.05, 3.63) is 48.6 Å². The number of carbonyl (C=O) groups is 4. The summed E-state index contributed by atoms with van der Waals surface area (Å²) in [7, 11) is 0. The minimum atomic E-state index is -1.67. The predicted molar refractivity (Wildman–Crippen MR) is 130 cm³/mol. The molecule has 0 amide bonds. The molecule has 5 aliphatic carbocycles. The first-order valence-electron chi connectivity index (χ1n) is 13.5. The molecule has 7 heteroatoms. The molecule has 37 heavy (non-hydrogen) atoms. The Morgan fingerprint density at radius 2 is 1.49 bits per heavy atom. The Bertz CT molecular complexity index is 1260. The third-order valence-electron chi connectivity index (χ3n) is 11.4. The topological polar surface area (TPSA) is 107 Å². The molecular weight excluding hydrogens is 472 g/mol. The van der Waals surface area contributed by atoms with Crippen LogP contribution in [0.3, 0.4) is 0 Å². The van der Waals surface area contributed by atoms with Crippen LogP contribution in [0.2, 0.25) is 0 Å². The van der Waals surface area contributed by atoms with E-state index in [-0.39, 0.29) is 54.0 Å². The van der Waals surface area contributed by atoms with E-state index in [1.807, 2.05) is 0 Å². The SMILES string of the molecule is C=C1C(=O)O[C@@H]2[C@H]3C(CC4C56[C@@H](CC(=O)[C@]45O)C(=C)CC[C@H]4C(=C)C(=O)O[C@@H]46)C(=O)C[C@H]3C(=C)CC[C@@H]12. The van der Waals surface area contributed by atoms with Gasteiger partial charge in [-0.3, -0.25) is 9.59 Å². The van der Waals surface area contributed by atoms with Crippen molar-refractivity contribution in [2.24, 2.45) is 46.8 Å². The van der Waals surface area contributed by atoms with Gasteiger partial charge in [0.1, 0.15) is 23.6 Å². The van der Waals surface area contributed by atoms with Crippen molar-refractivity contribution >= 4 is 23.5 Å². The summed E-state index contributed by atoms with van der Waals surface area (Å²) in [4.78, 5) is 52.0. The Labute approximate surface area is 215 Å². The van der Waals surface area contributed by atoms with Gasteiger partial charge in [-0.05, 0) is 43.9 Å². The second-order valence-corrected chi connectivity index (χ2v) is 12.5. The number of ether oxygens (including phenoxy) is 2. The molecule has 7 rings (SSSR count). The second-order valence-electron chi connectivity index (χ2n) is 12.5. The van der Waals surface area contributed by atoms with Crippen LogP contribution in [-0.2, 0) is 28.7 Å². The molecule has 5 saturated carbocycles. The highest BCUT2D eigenvalue weighted by molar-refractivity contribution is 5.99. The summed E-state index contributed by atoms with van der Waals surface area (Å²) < 4.78 is 11.7. The standard InChI is InChI=1S/C30H32O7/c1-12-5-7-16-14(3)27(33)36-25(16)24-18(12)9-21(31)19(24)10-22-29-20(11-23(32)30(22,29)35)13(2)6-8-17-15(4)28(34)37-26(17)29/h16-20,22,24-26,35H,1-11H2/t16-,17-,18-,19?,20-,22?,24+,25-,26-,29?,30+/m0/s1. The molecule has 0 aromatic carbocycles. The fourth-order valence-electron chi connectivity index (χ4n) is 9.64. The fraction of sp³-hybridized carbons (Fsp3) is 0.600. The normalized spacial score (nSPS) is 50.0. The average molecular weight is 505 g/mol. The monoisotopic (exact) mass is 504 g/mol. The van der Waals surface area contributed by atoms with E-state index >= 15 is 0 Å². The molecule has 2 heterocycles. The highest BCUT2D eigenvalue weighted by Gasteiger charge is 2.90. The van der Waals surface area contributed by atoms with Gasteiger partial charge >= 0.3 is 11.9 Å². The van der Waals surface area contributed by atoms with Gasteiger partial charge in [-0.1, -0.05) is 37.5 Å². The maximum absolute atomic E-state index is 13.6. The molecule has 7 aliphatic rings. The molecular formula is C30H32O7. The number of Topliss-reactive ketones (excluding diaryl/α,β-unsaturated/α-hetero) is 2. The van der Waals surface area contributed by atoms with Crippen molar-refractivity contribution in [3.8, 4) is 0 Å². The van der Waals surface area contributed by atoms with E-state index in [4.69, 9.17) is 9.47 Å². The van der Waals surface area contributed by atoms with Gasteiger partial charge < -0.3 is 14.6 Å². The summed E-state index contributed by atoms with van der Waals surface area (Å²) in [6.45, 7) is 16.5. The fourth-order valence-corrected chi connectivity index (χ4v) is 9.64. The van der Waals surface area contributed by atoms with Gasteiger partial charge in [-0.15, -0.1) is 0 Å². The lowest BCUT2D eigenvalue weighted by Gasteiger charge is -2.32. The molecule has 194 valence electrons. The Kier molecular flexibility index (Phi) is 4.53. The first-order valence-corrected chi connectivity index (χ1v) is 13.5. The van der Waals surface area contributed by atoms with Crippen LogP contribution in [0.15, 0.2) is 48.6 Å². The third-order valence-corrected chi connectivity index (χ3v) is 11.4. The Balaban J connectivity index is 1.29. The number of allylic oxidation sites excluding steroid dienone is 2. The Morgan fingerprint density at radius 1 is 0.838 bits per heavy atom. The largest absolute Gasteiger partial charge is 0.458 e. The van der Waals surface area contributed by atoms with Gasteiger partial charge in [0.2, 0.25) is 0 Å². The summed E-state index contributed by atoms with van der Waals surface area (Å²) in [5.74, 6) is -3.27. The molecule has 0 radical (unpaired) electrons. The van der Waals surface area contributed by atoms with Crippen molar-refractivity contribution in [2.75, 3.05) is 0 Å². The van der Waals surface area contributed by atoms with Gasteiger partial charge in [0.05, 0.1) is 5.41 Å². The van der Waals surface area contributed by atoms with Gasteiger partial charge in [0.25, 0.3) is 0 Å². The van der Waals surface area contributed by atoms with Crippen molar-refractivity contribution in [1.29, 1.82) is 0 Å². The summed E-state index contributed by atoms with van der Waals surface area (Å²) in [6, 6.07) is 0. The van der Waals surface area contributed by atoms with Crippen LogP contribution in [0.1, 0.15) is 44.9 Å². The molecule has 7 fully saturated rings. The van der Waals surface area contributed by atoms with E-state index in [0.29, 0.717) is 43.3 Å². The number of fused-ring (bicyclic) bond motifs is 4. The van der Waals surface area contributed by atoms with Crippen molar-refractivity contribution < 1.29 is 33.8 Å². The summed E-state index contributed by atoms with van der Waals surface area (Å²) in [5, 5.41) is 12.0. The lowest BCUT2D eigenvalue weighted by molar-refractivity contribution is -0.145. The van der Waals surface area contributed by atoms with Gasteiger partial charge in [-0.2, -0.15) is 0 Å². The van der Waals surface area contributed by atoms with E-state index < -0.39 is 47.0 Å². The maximum Gasteiger partial charge on any atom is 0.334 e. The molecule has 0 aromatic rings. The van der Waals surface area contributed by atoms with E-state index in [1.54, 1.807) is 0 Å². The predicted octanol–water partition coefficient (Wildman–Crippen LogP) is 3.03. The average Bonchev–Trinajstić information content (AvgIpc) is 3.07. The number of hydrogen-bond acceptors (Lipinski definition) is 7. The smallest absolute Gasteiger partial charge is 0.334 e. The third kappa shape index (κ3) is 2.57. The van der Waals surface area contributed by atoms with Gasteiger partial charge in [-0.25, -0.2) is 9.59 Å². The molecule has 1 spiro atoms. The van der Waals surface area contributed by atoms with Gasteiger partial charge in [0, 0.05) is 53.6 Å². The van der Waals surface area contributed by atoms with Crippen LogP contribution >= 0.6 is 0 Å². The first-order chi connectivity index (χ1) is 17.5. The zero-order valence-electron chi connectivity index (χ0n) is 20.9. The highest BCUT2D eigenvalue weighted by Crippen LogP contribution is 2.80. The highest BCUT2D eigenvalue weighted by atomic mass is 16.6. The van der Waals surface area contributed by atoms with E-state index in [9.17, 15) is 24.3 Å². The van der Waals surface area contributed by atoms with Crippen LogP contribution in [0.4, 0.5) is 0 Å². The lowest BCUT2D eigenvalue weighted by atomic mass is 9.73. The zero-order valence-corrected chi connectivity index (χ0v) is 20.9. The number of aliphatic hydroxyl groups is 1. The number of carbonyl (C=O) groups excluding carboxylic acids is 4. The Morgan fingerprint density at radius 3 is 2.24 bits per heavy atom. The van der Waals surface area contributed by atoms with Crippen molar-refractivity contribution in [2.45, 2.75) is 62.8 Å². The molecule has 1 N–H and O–H groups in total. The molecule has 0 bridgehead atoms. The van der Waals surface area contributed by atoms with E-state index in [0.717, 1.165) is 11.1 Å². The van der Waals surface area contributed by atoms with Crippen LogP contribution in [-0.4, -0.2) is 46.4 Å². The second kappa shape index (κ2) is 7.19. The van der Waals surface area contributed by atoms with Crippen molar-refractivity contribution in [3.63, 3.8) is 0 Å². The molecule has 11 atom stereocenters. The van der Waals surface area contributed by atoms with Gasteiger partial charge in [0.15, 0.2) is 5.78 Å². The lowest BCUT2D eigenvalue weighted by Crippen LogP contribution is -2.37. The maximum atomic E-state index is 13.6. The number of rotatable bonds is 2. The summed E-state index contributed by atoms with van der Waals surface area (Å²) >= 11 is 0. The number of esters is 2. The quantitative estimate of drug-likeness (QED) is 0.350. The number of ketones is 2. The molecule has 7 nitrogen and oxygen atoms in total. The Hall–Kier alpha value is -2.80. The van der Waals surface area contributed by atoms with Crippen LogP contribution < -0.4 is 0 Å². The van der Waals surface area contributed by atoms with E-state index in [1.165, 1.54) is 0 Å². The zero-order chi connectivity index (χ0) is 26.2. The molecule has 2 saturated heterocycles. The summed E-state index contributed by atoms with van der Waals surface area (Å²) in [6.07, 6.45) is 2.33. The first kappa shape index (κ1) is 23.3. The minimum absolute atomic E-state index is 0.0520. The minimum Gasteiger partial charge on any atom is -0.458 e. The molecule has 0 aromatic heterocycles. The van der Waals surface area contributed by atoms with Crippen LogP contribution in [0.25, 0.3) is 0 Å². The van der Waals surface area contributed by atoms with E-state index in [2.05, 4.69) is 26.3 Å². The number of hydrogen-bond donors (Lipinski definition) is 1. The molecule has 3 unspecified atom stereocenters. The summed E-state index contributed by atoms with van der Waals surface area (Å²) in [5.41, 5.74) is 0.0543. The molecule has 2 aliphatic heterocycles.